The first-order valence-corrected chi connectivity index (χ1v) is 6.93. The molecule has 1 fully saturated rings. The molecule has 0 bridgehead atoms. The lowest BCUT2D eigenvalue weighted by Gasteiger charge is -2.12. The van der Waals surface area contributed by atoms with Crippen molar-refractivity contribution in [3.05, 3.63) is 11.6 Å². The lowest BCUT2D eigenvalue weighted by molar-refractivity contribution is 0.292. The molecular formula is C10H12ClN5OS. The summed E-state index contributed by atoms with van der Waals surface area (Å²) in [7, 11) is 0. The van der Waals surface area contributed by atoms with Crippen LogP contribution in [0.2, 0.25) is 5.28 Å². The number of anilines is 1. The Balaban J connectivity index is 2.03. The van der Waals surface area contributed by atoms with Gasteiger partial charge in [0.1, 0.15) is 5.52 Å². The molecule has 2 aromatic rings. The SMILES string of the molecule is Nc1nc(Cl)nc2c1ncn2[C@H]1CC[C@@H](CO)S1. The predicted molar refractivity (Wildman–Crippen MR) is 71.5 cm³/mol. The molecule has 2 aromatic heterocycles. The molecule has 0 spiro atoms. The van der Waals surface area contributed by atoms with Gasteiger partial charge in [0, 0.05) is 5.25 Å². The highest BCUT2D eigenvalue weighted by Gasteiger charge is 2.27. The minimum absolute atomic E-state index is 0.128. The van der Waals surface area contributed by atoms with Crippen molar-refractivity contribution in [2.75, 3.05) is 12.3 Å². The molecular weight excluding hydrogens is 274 g/mol. The Kier molecular flexibility index (Phi) is 3.04. The number of nitrogen functional groups attached to an aromatic ring is 1. The lowest BCUT2D eigenvalue weighted by Crippen LogP contribution is -2.04. The van der Waals surface area contributed by atoms with Gasteiger partial charge in [0.15, 0.2) is 11.5 Å². The summed E-state index contributed by atoms with van der Waals surface area (Å²) in [5, 5.41) is 9.80. The summed E-state index contributed by atoms with van der Waals surface area (Å²) in [6, 6.07) is 0. The molecule has 6 nitrogen and oxygen atoms in total. The normalized spacial score (nSPS) is 23.9. The van der Waals surface area contributed by atoms with E-state index < -0.39 is 0 Å². The summed E-state index contributed by atoms with van der Waals surface area (Å²) in [5.74, 6) is 0.297. The van der Waals surface area contributed by atoms with Gasteiger partial charge in [0.25, 0.3) is 0 Å². The first-order chi connectivity index (χ1) is 8.69. The van der Waals surface area contributed by atoms with Crippen LogP contribution >= 0.6 is 23.4 Å². The Labute approximate surface area is 113 Å². The highest BCUT2D eigenvalue weighted by molar-refractivity contribution is 8.00. The van der Waals surface area contributed by atoms with Gasteiger partial charge in [-0.1, -0.05) is 0 Å². The smallest absolute Gasteiger partial charge is 0.226 e. The molecule has 0 saturated carbocycles. The number of halogens is 1. The molecule has 0 aliphatic carbocycles. The van der Waals surface area contributed by atoms with Gasteiger partial charge in [-0.15, -0.1) is 11.8 Å². The van der Waals surface area contributed by atoms with Crippen LogP contribution < -0.4 is 5.73 Å². The van der Waals surface area contributed by atoms with Gasteiger partial charge in [-0.2, -0.15) is 9.97 Å². The number of aliphatic hydroxyl groups is 1. The Morgan fingerprint density at radius 1 is 1.50 bits per heavy atom. The zero-order valence-electron chi connectivity index (χ0n) is 9.45. The van der Waals surface area contributed by atoms with E-state index in [0.717, 1.165) is 12.8 Å². The van der Waals surface area contributed by atoms with E-state index in [0.29, 0.717) is 17.0 Å². The van der Waals surface area contributed by atoms with Crippen molar-refractivity contribution >= 4 is 40.3 Å². The maximum Gasteiger partial charge on any atom is 0.226 e. The molecule has 8 heteroatoms. The summed E-state index contributed by atoms with van der Waals surface area (Å²) in [6.45, 7) is 0.200. The van der Waals surface area contributed by atoms with Gasteiger partial charge in [0.2, 0.25) is 5.28 Å². The lowest BCUT2D eigenvalue weighted by atomic mass is 10.2. The number of hydrogen-bond acceptors (Lipinski definition) is 6. The van der Waals surface area contributed by atoms with E-state index in [1.165, 1.54) is 0 Å². The number of aliphatic hydroxyl groups excluding tert-OH is 1. The van der Waals surface area contributed by atoms with Crippen molar-refractivity contribution in [1.29, 1.82) is 0 Å². The van der Waals surface area contributed by atoms with Crippen LogP contribution in [0.3, 0.4) is 0 Å². The maximum absolute atomic E-state index is 9.17. The number of thioether (sulfide) groups is 1. The zero-order valence-corrected chi connectivity index (χ0v) is 11.0. The number of aromatic nitrogens is 4. The molecule has 0 radical (unpaired) electrons. The van der Waals surface area contributed by atoms with Gasteiger partial charge in [-0.25, -0.2) is 4.98 Å². The van der Waals surface area contributed by atoms with Crippen LogP contribution in [0.15, 0.2) is 6.33 Å². The fourth-order valence-electron chi connectivity index (χ4n) is 2.15. The van der Waals surface area contributed by atoms with Gasteiger partial charge in [-0.05, 0) is 24.4 Å². The highest BCUT2D eigenvalue weighted by Crippen LogP contribution is 2.42. The van der Waals surface area contributed by atoms with E-state index >= 15 is 0 Å². The van der Waals surface area contributed by atoms with Crippen molar-refractivity contribution in [2.24, 2.45) is 0 Å². The van der Waals surface area contributed by atoms with Crippen LogP contribution in [0.1, 0.15) is 18.2 Å². The Morgan fingerprint density at radius 2 is 2.33 bits per heavy atom. The molecule has 3 heterocycles. The number of rotatable bonds is 2. The van der Waals surface area contributed by atoms with E-state index in [1.807, 2.05) is 4.57 Å². The quantitative estimate of drug-likeness (QED) is 0.812. The minimum atomic E-state index is 0.128. The average Bonchev–Trinajstić information content (AvgIpc) is 2.93. The number of nitrogens with zero attached hydrogens (tertiary/aromatic N) is 4. The molecule has 96 valence electrons. The van der Waals surface area contributed by atoms with Crippen molar-refractivity contribution in [2.45, 2.75) is 23.5 Å². The van der Waals surface area contributed by atoms with Crippen LogP contribution in [0.5, 0.6) is 0 Å². The molecule has 0 amide bonds. The van der Waals surface area contributed by atoms with Crippen molar-refractivity contribution in [3.63, 3.8) is 0 Å². The Bertz CT molecular complexity index is 589. The van der Waals surface area contributed by atoms with Crippen LogP contribution in [0, 0.1) is 0 Å². The summed E-state index contributed by atoms with van der Waals surface area (Å²) >= 11 is 7.55. The fourth-order valence-corrected chi connectivity index (χ4v) is 3.68. The van der Waals surface area contributed by atoms with Crippen LogP contribution in [0.4, 0.5) is 5.82 Å². The van der Waals surface area contributed by atoms with Gasteiger partial charge in [0.05, 0.1) is 18.3 Å². The largest absolute Gasteiger partial charge is 0.395 e. The average molecular weight is 286 g/mol. The number of imidazole rings is 1. The Morgan fingerprint density at radius 3 is 3.06 bits per heavy atom. The van der Waals surface area contributed by atoms with Crippen molar-refractivity contribution < 1.29 is 5.11 Å². The van der Waals surface area contributed by atoms with Gasteiger partial charge < -0.3 is 15.4 Å². The standard InChI is InChI=1S/C10H12ClN5OS/c11-10-14-8(12)7-9(15-10)16(4-13-7)6-2-1-5(3-17)18-6/h4-6,17H,1-3H2,(H2,12,14,15)/t5-,6+/m0/s1. The first-order valence-electron chi connectivity index (χ1n) is 5.61. The molecule has 18 heavy (non-hydrogen) atoms. The molecule has 1 saturated heterocycles. The van der Waals surface area contributed by atoms with Crippen LogP contribution in [-0.2, 0) is 0 Å². The molecule has 0 aromatic carbocycles. The summed E-state index contributed by atoms with van der Waals surface area (Å²) in [4.78, 5) is 12.3. The maximum atomic E-state index is 9.17. The van der Waals surface area contributed by atoms with E-state index in [9.17, 15) is 5.11 Å². The number of nitrogens with two attached hydrogens (primary N) is 1. The van der Waals surface area contributed by atoms with Crippen molar-refractivity contribution in [3.8, 4) is 0 Å². The summed E-state index contributed by atoms with van der Waals surface area (Å²) in [5.41, 5.74) is 7.00. The minimum Gasteiger partial charge on any atom is -0.395 e. The first kappa shape index (κ1) is 12.0. The summed E-state index contributed by atoms with van der Waals surface area (Å²) < 4.78 is 1.96. The van der Waals surface area contributed by atoms with E-state index in [1.54, 1.807) is 18.1 Å². The third-order valence-corrected chi connectivity index (χ3v) is 4.74. The van der Waals surface area contributed by atoms with E-state index in [-0.39, 0.29) is 22.5 Å². The van der Waals surface area contributed by atoms with Crippen molar-refractivity contribution in [1.82, 2.24) is 19.5 Å². The monoisotopic (exact) mass is 285 g/mol. The van der Waals surface area contributed by atoms with Gasteiger partial charge in [-0.3, -0.25) is 0 Å². The third kappa shape index (κ3) is 1.92. The molecule has 3 rings (SSSR count). The van der Waals surface area contributed by atoms with E-state index in [2.05, 4.69) is 15.0 Å². The fraction of sp³-hybridized carbons (Fsp3) is 0.500. The van der Waals surface area contributed by atoms with Crippen LogP contribution in [0.25, 0.3) is 11.2 Å². The second-order valence-electron chi connectivity index (χ2n) is 4.17. The number of fused-ring (bicyclic) bond motifs is 1. The molecule has 3 N–H and O–H groups in total. The topological polar surface area (TPSA) is 89.9 Å². The van der Waals surface area contributed by atoms with Gasteiger partial charge >= 0.3 is 0 Å². The molecule has 0 unspecified atom stereocenters. The highest BCUT2D eigenvalue weighted by atomic mass is 35.5. The van der Waals surface area contributed by atoms with E-state index in [4.69, 9.17) is 17.3 Å². The predicted octanol–water partition coefficient (Wildman–Crippen LogP) is 1.45. The molecule has 1 aliphatic rings. The summed E-state index contributed by atoms with van der Waals surface area (Å²) in [6.07, 6.45) is 3.67. The third-order valence-electron chi connectivity index (χ3n) is 3.02. The van der Waals surface area contributed by atoms with Crippen LogP contribution in [-0.4, -0.2) is 36.5 Å². The number of hydrogen-bond donors (Lipinski definition) is 2. The Hall–Kier alpha value is -1.05. The zero-order chi connectivity index (χ0) is 12.7. The molecule has 1 aliphatic heterocycles. The second-order valence-corrected chi connectivity index (χ2v) is 6.00. The molecule has 2 atom stereocenters. The second kappa shape index (κ2) is 4.56.